The third kappa shape index (κ3) is 3.14. The first-order chi connectivity index (χ1) is 10.0. The van der Waals surface area contributed by atoms with Crippen LogP contribution in [0.15, 0.2) is 34.8 Å². The summed E-state index contributed by atoms with van der Waals surface area (Å²) in [6, 6.07) is 10.8. The number of halogens is 1. The Labute approximate surface area is 134 Å². The van der Waals surface area contributed by atoms with Gasteiger partial charge in [0.25, 0.3) is 0 Å². The topological polar surface area (TPSA) is 35.2 Å². The van der Waals surface area contributed by atoms with Crippen molar-refractivity contribution in [3.63, 3.8) is 0 Å². The predicted molar refractivity (Wildman–Crippen MR) is 89.9 cm³/mol. The molecular formula is C18H20BrNO. The van der Waals surface area contributed by atoms with Gasteiger partial charge < -0.3 is 10.5 Å². The van der Waals surface area contributed by atoms with Crippen molar-refractivity contribution in [3.05, 3.63) is 62.6 Å². The predicted octanol–water partition coefficient (Wildman–Crippen LogP) is 4.24. The van der Waals surface area contributed by atoms with Gasteiger partial charge in [0.05, 0.1) is 6.61 Å². The molecule has 1 heterocycles. The van der Waals surface area contributed by atoms with E-state index in [-0.39, 0.29) is 6.04 Å². The maximum absolute atomic E-state index is 6.44. The van der Waals surface area contributed by atoms with Crippen LogP contribution < -0.4 is 10.5 Å². The largest absolute Gasteiger partial charge is 0.493 e. The highest BCUT2D eigenvalue weighted by molar-refractivity contribution is 9.10. The second kappa shape index (κ2) is 5.82. The summed E-state index contributed by atoms with van der Waals surface area (Å²) in [5, 5.41) is 0. The van der Waals surface area contributed by atoms with Gasteiger partial charge in [-0.05, 0) is 49.1 Å². The Hall–Kier alpha value is -1.32. The van der Waals surface area contributed by atoms with E-state index in [1.807, 2.05) is 0 Å². The normalized spacial score (nSPS) is 14.7. The third-order valence-corrected chi connectivity index (χ3v) is 4.40. The molecule has 2 nitrogen and oxygen atoms in total. The lowest BCUT2D eigenvalue weighted by molar-refractivity contribution is 0.352. The lowest BCUT2D eigenvalue weighted by Gasteiger charge is -2.16. The van der Waals surface area contributed by atoms with Gasteiger partial charge in [0, 0.05) is 16.9 Å². The second-order valence-electron chi connectivity index (χ2n) is 5.88. The van der Waals surface area contributed by atoms with E-state index < -0.39 is 0 Å². The Morgan fingerprint density at radius 3 is 2.57 bits per heavy atom. The van der Waals surface area contributed by atoms with E-state index in [1.54, 1.807) is 0 Å². The fraction of sp³-hybridized carbons (Fsp3) is 0.333. The molecule has 1 atom stereocenters. The minimum absolute atomic E-state index is 0.00815. The summed E-state index contributed by atoms with van der Waals surface area (Å²) < 4.78 is 6.90. The first kappa shape index (κ1) is 14.6. The van der Waals surface area contributed by atoms with Crippen molar-refractivity contribution >= 4 is 15.9 Å². The van der Waals surface area contributed by atoms with Crippen molar-refractivity contribution in [1.82, 2.24) is 0 Å². The molecule has 0 saturated carbocycles. The van der Waals surface area contributed by atoms with Crippen molar-refractivity contribution in [2.45, 2.75) is 32.7 Å². The Kier molecular flexibility index (Phi) is 4.05. The molecule has 2 aromatic carbocycles. The minimum Gasteiger partial charge on any atom is -0.493 e. The summed E-state index contributed by atoms with van der Waals surface area (Å²) in [5.41, 5.74) is 12.6. The van der Waals surface area contributed by atoms with Gasteiger partial charge in [-0.15, -0.1) is 0 Å². The summed E-state index contributed by atoms with van der Waals surface area (Å²) >= 11 is 3.59. The van der Waals surface area contributed by atoms with E-state index in [4.69, 9.17) is 10.5 Å². The van der Waals surface area contributed by atoms with Gasteiger partial charge in [-0.1, -0.05) is 45.3 Å². The van der Waals surface area contributed by atoms with E-state index in [1.165, 1.54) is 27.8 Å². The quantitative estimate of drug-likeness (QED) is 0.902. The zero-order valence-electron chi connectivity index (χ0n) is 12.4. The first-order valence-electron chi connectivity index (χ1n) is 7.31. The van der Waals surface area contributed by atoms with Crippen molar-refractivity contribution in [1.29, 1.82) is 0 Å². The number of rotatable bonds is 3. The average Bonchev–Trinajstić information content (AvgIpc) is 2.85. The number of aryl methyl sites for hydroxylation is 2. The maximum Gasteiger partial charge on any atom is 0.125 e. The SMILES string of the molecule is Cc1cc(C)cc(C(N)Cc2cc(Br)cc3c2OCC3)c1. The van der Waals surface area contributed by atoms with Gasteiger partial charge in [-0.25, -0.2) is 0 Å². The highest BCUT2D eigenvalue weighted by atomic mass is 79.9. The second-order valence-corrected chi connectivity index (χ2v) is 6.80. The molecule has 0 aliphatic carbocycles. The van der Waals surface area contributed by atoms with Crippen LogP contribution in [0.5, 0.6) is 5.75 Å². The van der Waals surface area contributed by atoms with Crippen molar-refractivity contribution in [2.24, 2.45) is 5.73 Å². The maximum atomic E-state index is 6.44. The molecule has 21 heavy (non-hydrogen) atoms. The van der Waals surface area contributed by atoms with Crippen molar-refractivity contribution in [2.75, 3.05) is 6.61 Å². The van der Waals surface area contributed by atoms with E-state index in [0.717, 1.165) is 29.7 Å². The Bertz CT molecular complexity index is 661. The highest BCUT2D eigenvalue weighted by Gasteiger charge is 2.19. The minimum atomic E-state index is -0.00815. The van der Waals surface area contributed by atoms with Crippen molar-refractivity contribution in [3.8, 4) is 5.75 Å². The number of benzene rings is 2. The zero-order chi connectivity index (χ0) is 15.0. The molecule has 3 heteroatoms. The third-order valence-electron chi connectivity index (χ3n) is 3.94. The van der Waals surface area contributed by atoms with Crippen LogP contribution in [0, 0.1) is 13.8 Å². The Balaban J connectivity index is 1.90. The fourth-order valence-electron chi connectivity index (χ4n) is 3.08. The van der Waals surface area contributed by atoms with Gasteiger partial charge >= 0.3 is 0 Å². The molecule has 110 valence electrons. The molecule has 1 unspecified atom stereocenters. The molecular weight excluding hydrogens is 326 g/mol. The molecule has 2 aromatic rings. The molecule has 3 rings (SSSR count). The average molecular weight is 346 g/mol. The number of hydrogen-bond donors (Lipinski definition) is 1. The standard InChI is InChI=1S/C18H20BrNO/c1-11-5-12(2)7-14(6-11)17(20)10-15-9-16(19)8-13-3-4-21-18(13)15/h5-9,17H,3-4,10,20H2,1-2H3. The first-order valence-corrected chi connectivity index (χ1v) is 8.10. The number of ether oxygens (including phenoxy) is 1. The molecule has 0 fully saturated rings. The van der Waals surface area contributed by atoms with Crippen LogP contribution in [0.3, 0.4) is 0 Å². The van der Waals surface area contributed by atoms with Crippen LogP contribution in [0.2, 0.25) is 0 Å². The molecule has 0 bridgehead atoms. The van der Waals surface area contributed by atoms with Crippen LogP contribution in [-0.2, 0) is 12.8 Å². The summed E-state index contributed by atoms with van der Waals surface area (Å²) in [6.45, 7) is 5.00. The highest BCUT2D eigenvalue weighted by Crippen LogP contribution is 2.35. The van der Waals surface area contributed by atoms with E-state index in [0.29, 0.717) is 0 Å². The summed E-state index contributed by atoms with van der Waals surface area (Å²) in [6.07, 6.45) is 1.78. The Morgan fingerprint density at radius 2 is 1.86 bits per heavy atom. The van der Waals surface area contributed by atoms with E-state index in [2.05, 4.69) is 60.1 Å². The van der Waals surface area contributed by atoms with Crippen LogP contribution in [-0.4, -0.2) is 6.61 Å². The van der Waals surface area contributed by atoms with Crippen LogP contribution in [0.1, 0.15) is 33.9 Å². The molecule has 0 spiro atoms. The van der Waals surface area contributed by atoms with Crippen molar-refractivity contribution < 1.29 is 4.74 Å². The van der Waals surface area contributed by atoms with Crippen LogP contribution in [0.4, 0.5) is 0 Å². The molecule has 1 aliphatic rings. The summed E-state index contributed by atoms with van der Waals surface area (Å²) in [5.74, 6) is 1.04. The van der Waals surface area contributed by atoms with E-state index in [9.17, 15) is 0 Å². The molecule has 0 radical (unpaired) electrons. The van der Waals surface area contributed by atoms with Gasteiger partial charge in [0.2, 0.25) is 0 Å². The van der Waals surface area contributed by atoms with Crippen LogP contribution in [0.25, 0.3) is 0 Å². The lowest BCUT2D eigenvalue weighted by Crippen LogP contribution is -2.14. The van der Waals surface area contributed by atoms with E-state index >= 15 is 0 Å². The molecule has 0 amide bonds. The fourth-order valence-corrected chi connectivity index (χ4v) is 3.63. The van der Waals surface area contributed by atoms with Gasteiger partial charge in [0.15, 0.2) is 0 Å². The molecule has 0 saturated heterocycles. The number of fused-ring (bicyclic) bond motifs is 1. The summed E-state index contributed by atoms with van der Waals surface area (Å²) in [4.78, 5) is 0. The summed E-state index contributed by atoms with van der Waals surface area (Å²) in [7, 11) is 0. The lowest BCUT2D eigenvalue weighted by atomic mass is 9.95. The Morgan fingerprint density at radius 1 is 1.14 bits per heavy atom. The number of nitrogens with two attached hydrogens (primary N) is 1. The molecule has 0 aromatic heterocycles. The van der Waals surface area contributed by atoms with Gasteiger partial charge in [-0.3, -0.25) is 0 Å². The zero-order valence-corrected chi connectivity index (χ0v) is 14.0. The van der Waals surface area contributed by atoms with Crippen LogP contribution >= 0.6 is 15.9 Å². The van der Waals surface area contributed by atoms with Gasteiger partial charge in [0.1, 0.15) is 5.75 Å². The molecule has 2 N–H and O–H groups in total. The monoisotopic (exact) mass is 345 g/mol. The molecule has 1 aliphatic heterocycles. The smallest absolute Gasteiger partial charge is 0.125 e. The van der Waals surface area contributed by atoms with Gasteiger partial charge in [-0.2, -0.15) is 0 Å². The number of hydrogen-bond acceptors (Lipinski definition) is 2.